The van der Waals surface area contributed by atoms with Crippen LogP contribution < -0.4 is 4.90 Å². The van der Waals surface area contributed by atoms with E-state index in [1.807, 2.05) is 12.1 Å². The van der Waals surface area contributed by atoms with Crippen molar-refractivity contribution in [3.05, 3.63) is 48.0 Å². The lowest BCUT2D eigenvalue weighted by atomic mass is 9.94. The first kappa shape index (κ1) is 17.3. The molecule has 0 spiro atoms. The zero-order chi connectivity index (χ0) is 17.6. The Kier molecular flexibility index (Phi) is 5.58. The Morgan fingerprint density at radius 1 is 1.24 bits per heavy atom. The van der Waals surface area contributed by atoms with Gasteiger partial charge in [0, 0.05) is 63.3 Å². The van der Waals surface area contributed by atoms with Crippen molar-refractivity contribution in [2.24, 2.45) is 0 Å². The first-order chi connectivity index (χ1) is 12.1. The molecular weight excluding hydrogens is 314 g/mol. The van der Waals surface area contributed by atoms with Gasteiger partial charge in [-0.1, -0.05) is 6.07 Å². The molecule has 132 valence electrons. The van der Waals surface area contributed by atoms with Gasteiger partial charge in [0.25, 0.3) is 0 Å². The molecule has 6 nitrogen and oxygen atoms in total. The lowest BCUT2D eigenvalue weighted by molar-refractivity contribution is -0.128. The number of aromatic nitrogens is 3. The van der Waals surface area contributed by atoms with Crippen LogP contribution in [0.25, 0.3) is 0 Å². The number of carbonyl (C=O) groups excluding carboxylic acids is 1. The number of aryl methyl sites for hydroxylation is 1. The number of hydrogen-bond donors (Lipinski definition) is 0. The molecule has 3 rings (SSSR count). The Morgan fingerprint density at radius 2 is 2.04 bits per heavy atom. The van der Waals surface area contributed by atoms with E-state index in [0.29, 0.717) is 18.8 Å². The van der Waals surface area contributed by atoms with Crippen molar-refractivity contribution in [1.82, 2.24) is 19.9 Å². The summed E-state index contributed by atoms with van der Waals surface area (Å²) < 4.78 is 0. The minimum absolute atomic E-state index is 0.136. The van der Waals surface area contributed by atoms with Gasteiger partial charge in [-0.3, -0.25) is 9.78 Å². The van der Waals surface area contributed by atoms with E-state index in [2.05, 4.69) is 27.0 Å². The maximum absolute atomic E-state index is 11.8. The maximum Gasteiger partial charge on any atom is 0.225 e. The Bertz CT molecular complexity index is 704. The van der Waals surface area contributed by atoms with Gasteiger partial charge in [-0.25, -0.2) is 9.97 Å². The fourth-order valence-electron chi connectivity index (χ4n) is 3.18. The number of nitrogens with zero attached hydrogens (tertiary/aromatic N) is 5. The van der Waals surface area contributed by atoms with Crippen molar-refractivity contribution in [2.45, 2.75) is 31.6 Å². The van der Waals surface area contributed by atoms with Crippen molar-refractivity contribution in [2.75, 3.05) is 32.1 Å². The van der Waals surface area contributed by atoms with Gasteiger partial charge >= 0.3 is 0 Å². The van der Waals surface area contributed by atoms with Crippen LogP contribution in [0.15, 0.2) is 36.7 Å². The van der Waals surface area contributed by atoms with E-state index in [4.69, 9.17) is 4.98 Å². The summed E-state index contributed by atoms with van der Waals surface area (Å²) in [6.07, 6.45) is 6.98. The predicted octanol–water partition coefficient (Wildman–Crippen LogP) is 2.28. The highest BCUT2D eigenvalue weighted by atomic mass is 16.2. The van der Waals surface area contributed by atoms with Crippen LogP contribution in [0, 0.1) is 0 Å². The summed E-state index contributed by atoms with van der Waals surface area (Å²) in [5.74, 6) is 1.30. The number of pyridine rings is 1. The van der Waals surface area contributed by atoms with E-state index in [1.54, 1.807) is 31.4 Å². The second kappa shape index (κ2) is 8.05. The SMILES string of the molecule is CN(C)C(=O)CCc1cccc([C@@H]2CCCN(c3ncccn3)C2)n1. The second-order valence-electron chi connectivity index (χ2n) is 6.68. The van der Waals surface area contributed by atoms with Crippen LogP contribution in [0.3, 0.4) is 0 Å². The molecule has 1 amide bonds. The van der Waals surface area contributed by atoms with E-state index in [-0.39, 0.29) is 5.91 Å². The van der Waals surface area contributed by atoms with E-state index in [1.165, 1.54) is 0 Å². The normalized spacial score (nSPS) is 17.4. The molecule has 1 fully saturated rings. The first-order valence-electron chi connectivity index (χ1n) is 8.81. The number of hydrogen-bond acceptors (Lipinski definition) is 5. The summed E-state index contributed by atoms with van der Waals surface area (Å²) in [6.45, 7) is 1.87. The van der Waals surface area contributed by atoms with Crippen LogP contribution in [0.2, 0.25) is 0 Å². The van der Waals surface area contributed by atoms with Gasteiger partial charge in [0.15, 0.2) is 0 Å². The smallest absolute Gasteiger partial charge is 0.225 e. The van der Waals surface area contributed by atoms with Crippen molar-refractivity contribution < 1.29 is 4.79 Å². The molecular formula is C19H25N5O. The average Bonchev–Trinajstić information content (AvgIpc) is 2.67. The summed E-state index contributed by atoms with van der Waals surface area (Å²) in [5.41, 5.74) is 2.09. The third kappa shape index (κ3) is 4.53. The van der Waals surface area contributed by atoms with Gasteiger partial charge in [0.05, 0.1) is 0 Å². The molecule has 0 aliphatic carbocycles. The zero-order valence-corrected chi connectivity index (χ0v) is 14.9. The average molecular weight is 339 g/mol. The molecule has 0 unspecified atom stereocenters. The van der Waals surface area contributed by atoms with E-state index >= 15 is 0 Å². The highest BCUT2D eigenvalue weighted by Crippen LogP contribution is 2.27. The number of rotatable bonds is 5. The Hall–Kier alpha value is -2.50. The molecule has 0 bridgehead atoms. The monoisotopic (exact) mass is 339 g/mol. The minimum atomic E-state index is 0.136. The predicted molar refractivity (Wildman–Crippen MR) is 97.5 cm³/mol. The molecule has 0 radical (unpaired) electrons. The third-order valence-electron chi connectivity index (χ3n) is 4.60. The highest BCUT2D eigenvalue weighted by molar-refractivity contribution is 5.75. The molecule has 1 saturated heterocycles. The summed E-state index contributed by atoms with van der Waals surface area (Å²) >= 11 is 0. The van der Waals surface area contributed by atoms with Crippen LogP contribution in [0.5, 0.6) is 0 Å². The van der Waals surface area contributed by atoms with Crippen molar-refractivity contribution in [3.63, 3.8) is 0 Å². The maximum atomic E-state index is 11.8. The van der Waals surface area contributed by atoms with Crippen LogP contribution in [-0.2, 0) is 11.2 Å². The van der Waals surface area contributed by atoms with Crippen LogP contribution in [0.4, 0.5) is 5.95 Å². The molecule has 3 heterocycles. The molecule has 25 heavy (non-hydrogen) atoms. The van der Waals surface area contributed by atoms with Crippen molar-refractivity contribution >= 4 is 11.9 Å². The minimum Gasteiger partial charge on any atom is -0.349 e. The van der Waals surface area contributed by atoms with Gasteiger partial charge < -0.3 is 9.80 Å². The van der Waals surface area contributed by atoms with Crippen molar-refractivity contribution in [3.8, 4) is 0 Å². The molecule has 1 aliphatic heterocycles. The molecule has 6 heteroatoms. The fourth-order valence-corrected chi connectivity index (χ4v) is 3.18. The molecule has 1 aliphatic rings. The lowest BCUT2D eigenvalue weighted by Gasteiger charge is -2.32. The largest absolute Gasteiger partial charge is 0.349 e. The van der Waals surface area contributed by atoms with Gasteiger partial charge in [0.2, 0.25) is 11.9 Å². The van der Waals surface area contributed by atoms with Crippen LogP contribution in [-0.4, -0.2) is 52.9 Å². The van der Waals surface area contributed by atoms with Crippen LogP contribution in [0.1, 0.15) is 36.6 Å². The van der Waals surface area contributed by atoms with Gasteiger partial charge in [0.1, 0.15) is 0 Å². The van der Waals surface area contributed by atoms with Crippen molar-refractivity contribution in [1.29, 1.82) is 0 Å². The number of piperidine rings is 1. The molecule has 1 atom stereocenters. The van der Waals surface area contributed by atoms with E-state index in [9.17, 15) is 4.79 Å². The number of anilines is 1. The molecule has 0 N–H and O–H groups in total. The van der Waals surface area contributed by atoms with Gasteiger partial charge in [-0.2, -0.15) is 0 Å². The number of amides is 1. The Morgan fingerprint density at radius 3 is 2.80 bits per heavy atom. The highest BCUT2D eigenvalue weighted by Gasteiger charge is 2.24. The summed E-state index contributed by atoms with van der Waals surface area (Å²) in [4.78, 5) is 29.2. The standard InChI is InChI=1S/C19H25N5O/c1-23(2)18(25)10-9-16-7-3-8-17(22-16)15-6-4-13-24(14-15)19-20-11-5-12-21-19/h3,5,7-8,11-12,15H,4,6,9-10,13-14H2,1-2H3/t15-/m1/s1. The Labute approximate surface area is 148 Å². The summed E-state index contributed by atoms with van der Waals surface area (Å²) in [6, 6.07) is 7.99. The first-order valence-corrected chi connectivity index (χ1v) is 8.81. The summed E-state index contributed by atoms with van der Waals surface area (Å²) in [7, 11) is 3.57. The van der Waals surface area contributed by atoms with Crippen LogP contribution >= 0.6 is 0 Å². The zero-order valence-electron chi connectivity index (χ0n) is 14.9. The van der Waals surface area contributed by atoms with Gasteiger partial charge in [-0.15, -0.1) is 0 Å². The number of carbonyl (C=O) groups is 1. The topological polar surface area (TPSA) is 62.2 Å². The molecule has 0 saturated carbocycles. The third-order valence-corrected chi connectivity index (χ3v) is 4.60. The Balaban J connectivity index is 1.67. The fraction of sp³-hybridized carbons (Fsp3) is 0.474. The molecule has 2 aromatic rings. The lowest BCUT2D eigenvalue weighted by Crippen LogP contribution is -2.35. The van der Waals surface area contributed by atoms with E-state index < -0.39 is 0 Å². The quantitative estimate of drug-likeness (QED) is 0.836. The summed E-state index contributed by atoms with van der Waals surface area (Å²) in [5, 5.41) is 0. The molecule has 2 aromatic heterocycles. The van der Waals surface area contributed by atoms with E-state index in [0.717, 1.165) is 43.3 Å². The second-order valence-corrected chi connectivity index (χ2v) is 6.68. The molecule has 0 aromatic carbocycles. The van der Waals surface area contributed by atoms with Gasteiger partial charge in [-0.05, 0) is 37.5 Å².